The molecule has 1 unspecified atom stereocenters. The van der Waals surface area contributed by atoms with Gasteiger partial charge in [-0.25, -0.2) is 9.59 Å². The standard InChI is InChI=1S/C26H32N2O6/c1-5-14-26(3,24(30)31)28-23(29)22(16(2)33-4)27-25(32)34-15-21-19-12-8-6-10-17(19)18-11-7-9-13-20(18)21/h6-13,16,21-22H,5,14-15H2,1-4H3,(H,27,32)(H,28,29)(H,30,31)/t16-,22+,26?/m1/s1. The summed E-state index contributed by atoms with van der Waals surface area (Å²) < 4.78 is 10.8. The summed E-state index contributed by atoms with van der Waals surface area (Å²) in [6.07, 6.45) is -0.681. The number of nitrogens with one attached hydrogen (secondary N) is 2. The van der Waals surface area contributed by atoms with Gasteiger partial charge in [-0.05, 0) is 42.5 Å². The van der Waals surface area contributed by atoms with Gasteiger partial charge in [0.05, 0.1) is 6.10 Å². The van der Waals surface area contributed by atoms with Gasteiger partial charge in [0, 0.05) is 13.0 Å². The van der Waals surface area contributed by atoms with Crippen LogP contribution in [-0.2, 0) is 19.1 Å². The average Bonchev–Trinajstić information content (AvgIpc) is 3.14. The maximum absolute atomic E-state index is 12.9. The van der Waals surface area contributed by atoms with Crippen molar-refractivity contribution in [2.24, 2.45) is 0 Å². The van der Waals surface area contributed by atoms with Gasteiger partial charge in [0.2, 0.25) is 5.91 Å². The van der Waals surface area contributed by atoms with Gasteiger partial charge in [-0.15, -0.1) is 0 Å². The molecule has 0 saturated heterocycles. The van der Waals surface area contributed by atoms with E-state index in [9.17, 15) is 19.5 Å². The summed E-state index contributed by atoms with van der Waals surface area (Å²) in [6.45, 7) is 4.99. The van der Waals surface area contributed by atoms with Crippen molar-refractivity contribution in [1.29, 1.82) is 0 Å². The second kappa shape index (κ2) is 10.7. The summed E-state index contributed by atoms with van der Waals surface area (Å²) >= 11 is 0. The molecule has 1 aliphatic rings. The lowest BCUT2D eigenvalue weighted by molar-refractivity contribution is -0.148. The fourth-order valence-corrected chi connectivity index (χ4v) is 4.37. The molecule has 1 aliphatic carbocycles. The summed E-state index contributed by atoms with van der Waals surface area (Å²) in [7, 11) is 1.41. The minimum Gasteiger partial charge on any atom is -0.480 e. The molecule has 8 nitrogen and oxygen atoms in total. The van der Waals surface area contributed by atoms with E-state index in [1.807, 2.05) is 55.5 Å². The number of carbonyl (C=O) groups excluding carboxylic acids is 2. The van der Waals surface area contributed by atoms with Crippen LogP contribution in [0.3, 0.4) is 0 Å². The lowest BCUT2D eigenvalue weighted by atomic mass is 9.95. The van der Waals surface area contributed by atoms with Crippen molar-refractivity contribution in [1.82, 2.24) is 10.6 Å². The summed E-state index contributed by atoms with van der Waals surface area (Å²) in [5.74, 6) is -1.92. The van der Waals surface area contributed by atoms with E-state index >= 15 is 0 Å². The number of amides is 2. The van der Waals surface area contributed by atoms with Gasteiger partial charge in [-0.2, -0.15) is 0 Å². The molecule has 0 bridgehead atoms. The van der Waals surface area contributed by atoms with E-state index in [0.717, 1.165) is 22.3 Å². The van der Waals surface area contributed by atoms with Gasteiger partial charge in [0.1, 0.15) is 18.2 Å². The number of ether oxygens (including phenoxy) is 2. The number of methoxy groups -OCH3 is 1. The van der Waals surface area contributed by atoms with Crippen molar-refractivity contribution < 1.29 is 29.0 Å². The molecule has 0 spiro atoms. The van der Waals surface area contributed by atoms with Crippen molar-refractivity contribution in [3.63, 3.8) is 0 Å². The lowest BCUT2D eigenvalue weighted by Crippen LogP contribution is -2.60. The summed E-state index contributed by atoms with van der Waals surface area (Å²) in [5.41, 5.74) is 2.92. The zero-order valence-electron chi connectivity index (χ0n) is 20.0. The van der Waals surface area contributed by atoms with Gasteiger partial charge in [0.25, 0.3) is 0 Å². The molecule has 0 radical (unpaired) electrons. The Morgan fingerprint density at radius 2 is 1.62 bits per heavy atom. The van der Waals surface area contributed by atoms with Crippen molar-refractivity contribution in [3.8, 4) is 11.1 Å². The predicted molar refractivity (Wildman–Crippen MR) is 128 cm³/mol. The van der Waals surface area contributed by atoms with E-state index in [0.29, 0.717) is 6.42 Å². The van der Waals surface area contributed by atoms with Crippen LogP contribution in [0.4, 0.5) is 4.79 Å². The SMILES string of the molecule is CCCC(C)(NC(=O)[C@@H](NC(=O)OCC1c2ccccc2-c2ccccc21)[C@@H](C)OC)C(=O)O. The first-order valence-electron chi connectivity index (χ1n) is 11.4. The molecule has 0 heterocycles. The van der Waals surface area contributed by atoms with Crippen LogP contribution in [0.2, 0.25) is 0 Å². The first-order chi connectivity index (χ1) is 16.2. The molecular formula is C26H32N2O6. The largest absolute Gasteiger partial charge is 0.480 e. The van der Waals surface area contributed by atoms with Crippen LogP contribution < -0.4 is 10.6 Å². The third-order valence-corrected chi connectivity index (χ3v) is 6.36. The van der Waals surface area contributed by atoms with Crippen LogP contribution in [0, 0.1) is 0 Å². The first-order valence-corrected chi connectivity index (χ1v) is 11.4. The third-order valence-electron chi connectivity index (χ3n) is 6.36. The average molecular weight is 469 g/mol. The molecule has 3 N–H and O–H groups in total. The van der Waals surface area contributed by atoms with E-state index in [1.165, 1.54) is 14.0 Å². The highest BCUT2D eigenvalue weighted by Gasteiger charge is 2.38. The maximum atomic E-state index is 12.9. The number of carboxylic acids is 1. The van der Waals surface area contributed by atoms with E-state index in [-0.39, 0.29) is 18.9 Å². The van der Waals surface area contributed by atoms with Gasteiger partial charge < -0.3 is 25.2 Å². The van der Waals surface area contributed by atoms with E-state index in [4.69, 9.17) is 9.47 Å². The topological polar surface area (TPSA) is 114 Å². The Balaban J connectivity index is 1.70. The third kappa shape index (κ3) is 5.22. The van der Waals surface area contributed by atoms with Crippen molar-refractivity contribution in [2.45, 2.75) is 57.2 Å². The summed E-state index contributed by atoms with van der Waals surface area (Å²) in [6, 6.07) is 14.9. The predicted octanol–water partition coefficient (Wildman–Crippen LogP) is 3.69. The number of carbonyl (C=O) groups is 3. The quantitative estimate of drug-likeness (QED) is 0.490. The molecule has 0 fully saturated rings. The normalized spacial score (nSPS) is 15.9. The van der Waals surface area contributed by atoms with Crippen molar-refractivity contribution in [3.05, 3.63) is 59.7 Å². The second-order valence-corrected chi connectivity index (χ2v) is 8.76. The Morgan fingerprint density at radius 1 is 1.06 bits per heavy atom. The van der Waals surface area contributed by atoms with Crippen molar-refractivity contribution >= 4 is 18.0 Å². The molecule has 3 rings (SSSR count). The highest BCUT2D eigenvalue weighted by Crippen LogP contribution is 2.44. The summed E-state index contributed by atoms with van der Waals surface area (Å²) in [4.78, 5) is 37.4. The van der Waals surface area contributed by atoms with Crippen LogP contribution >= 0.6 is 0 Å². The Morgan fingerprint density at radius 3 is 2.12 bits per heavy atom. The minimum absolute atomic E-state index is 0.0955. The number of hydrogen-bond acceptors (Lipinski definition) is 5. The molecule has 34 heavy (non-hydrogen) atoms. The number of aliphatic carboxylic acids is 1. The molecule has 0 saturated carbocycles. The molecule has 2 amide bonds. The van der Waals surface area contributed by atoms with Crippen LogP contribution in [-0.4, -0.2) is 54.5 Å². The fraction of sp³-hybridized carbons (Fsp3) is 0.423. The van der Waals surface area contributed by atoms with Crippen LogP contribution in [0.1, 0.15) is 50.7 Å². The van der Waals surface area contributed by atoms with Gasteiger partial charge in [-0.1, -0.05) is 61.9 Å². The molecule has 0 aromatic heterocycles. The monoisotopic (exact) mass is 468 g/mol. The van der Waals surface area contributed by atoms with E-state index in [1.54, 1.807) is 6.92 Å². The highest BCUT2D eigenvalue weighted by atomic mass is 16.5. The minimum atomic E-state index is -1.46. The van der Waals surface area contributed by atoms with E-state index < -0.39 is 35.7 Å². The number of rotatable bonds is 10. The van der Waals surface area contributed by atoms with Gasteiger partial charge in [0.15, 0.2) is 0 Å². The Bertz CT molecular complexity index is 1010. The smallest absolute Gasteiger partial charge is 0.407 e. The maximum Gasteiger partial charge on any atom is 0.407 e. The molecule has 8 heteroatoms. The number of hydrogen-bond donors (Lipinski definition) is 3. The highest BCUT2D eigenvalue weighted by molar-refractivity contribution is 5.91. The Hall–Kier alpha value is -3.39. The summed E-state index contributed by atoms with van der Waals surface area (Å²) in [5, 5.41) is 14.7. The Labute approximate surface area is 199 Å². The molecule has 2 aromatic carbocycles. The Kier molecular flexibility index (Phi) is 7.94. The van der Waals surface area contributed by atoms with Crippen molar-refractivity contribution in [2.75, 3.05) is 13.7 Å². The molecule has 182 valence electrons. The number of fused-ring (bicyclic) bond motifs is 3. The molecule has 3 atom stereocenters. The van der Waals surface area contributed by atoms with Gasteiger partial charge in [-0.3, -0.25) is 4.79 Å². The molecule has 2 aromatic rings. The fourth-order valence-electron chi connectivity index (χ4n) is 4.37. The number of benzene rings is 2. The van der Waals surface area contributed by atoms with E-state index in [2.05, 4.69) is 10.6 Å². The number of carboxylic acid groups (broad SMARTS) is 1. The zero-order chi connectivity index (χ0) is 24.9. The van der Waals surface area contributed by atoms with Crippen LogP contribution in [0.25, 0.3) is 11.1 Å². The second-order valence-electron chi connectivity index (χ2n) is 8.76. The van der Waals surface area contributed by atoms with Gasteiger partial charge >= 0.3 is 12.1 Å². The molecular weight excluding hydrogens is 436 g/mol. The van der Waals surface area contributed by atoms with Crippen LogP contribution in [0.15, 0.2) is 48.5 Å². The zero-order valence-corrected chi connectivity index (χ0v) is 20.0. The lowest BCUT2D eigenvalue weighted by Gasteiger charge is -2.30. The molecule has 0 aliphatic heterocycles. The number of alkyl carbamates (subject to hydrolysis) is 1. The first kappa shape index (κ1) is 25.2. The van der Waals surface area contributed by atoms with Crippen LogP contribution in [0.5, 0.6) is 0 Å².